The number of anilines is 1. The van der Waals surface area contributed by atoms with Crippen molar-refractivity contribution in [2.75, 3.05) is 4.72 Å². The van der Waals surface area contributed by atoms with Crippen LogP contribution in [0.25, 0.3) is 0 Å². The van der Waals surface area contributed by atoms with Gasteiger partial charge in [-0.05, 0) is 26.0 Å². The van der Waals surface area contributed by atoms with Gasteiger partial charge in [0.25, 0.3) is 10.0 Å². The molecule has 0 aliphatic carbocycles. The van der Waals surface area contributed by atoms with Gasteiger partial charge in [-0.1, -0.05) is 0 Å². The third-order valence-electron chi connectivity index (χ3n) is 2.94. The number of nitrogens with one attached hydrogen (secondary N) is 2. The van der Waals surface area contributed by atoms with Gasteiger partial charge >= 0.3 is 5.69 Å². The molecule has 112 valence electrons. The first kappa shape index (κ1) is 14.8. The van der Waals surface area contributed by atoms with Crippen LogP contribution in [0.3, 0.4) is 0 Å². The molecule has 21 heavy (non-hydrogen) atoms. The molecule has 3 N–H and O–H groups in total. The Morgan fingerprint density at radius 2 is 2.05 bits per heavy atom. The molecule has 2 aromatic rings. The second-order valence-electron chi connectivity index (χ2n) is 4.34. The summed E-state index contributed by atoms with van der Waals surface area (Å²) in [5.41, 5.74) is 0.629. The molecular weight excluding hydrogens is 300 g/mol. The summed E-state index contributed by atoms with van der Waals surface area (Å²) in [6.07, 6.45) is 0. The number of hydrogen-bond donors (Lipinski definition) is 3. The number of aryl methyl sites for hydroxylation is 1. The van der Waals surface area contributed by atoms with Crippen molar-refractivity contribution in [3.05, 3.63) is 39.6 Å². The summed E-state index contributed by atoms with van der Waals surface area (Å²) in [5, 5.41) is 26.5. The molecule has 0 bridgehead atoms. The van der Waals surface area contributed by atoms with Crippen molar-refractivity contribution in [1.82, 2.24) is 10.2 Å². The average Bonchev–Trinajstić information content (AvgIpc) is 2.70. The zero-order chi connectivity index (χ0) is 15.8. The fourth-order valence-electron chi connectivity index (χ4n) is 1.59. The second-order valence-corrected chi connectivity index (χ2v) is 6.02. The van der Waals surface area contributed by atoms with Crippen LogP contribution in [0, 0.1) is 24.0 Å². The van der Waals surface area contributed by atoms with Crippen molar-refractivity contribution in [3.8, 4) is 5.75 Å². The van der Waals surface area contributed by atoms with Crippen molar-refractivity contribution >= 4 is 21.5 Å². The Labute approximate surface area is 119 Å². The average molecular weight is 312 g/mol. The standard InChI is InChI=1S/C11H12N4O5S/c1-6-7(2)12-13-11(6)14-21(19,20)8-3-4-10(16)9(5-8)15(17)18/h3-5,16H,1-2H3,(H2,12,13,14). The van der Waals surface area contributed by atoms with E-state index in [2.05, 4.69) is 14.9 Å². The fraction of sp³-hybridized carbons (Fsp3) is 0.182. The van der Waals surface area contributed by atoms with E-state index in [1.165, 1.54) is 0 Å². The Balaban J connectivity index is 2.43. The Kier molecular flexibility index (Phi) is 3.56. The minimum atomic E-state index is -4.04. The third-order valence-corrected chi connectivity index (χ3v) is 4.27. The molecular formula is C11H12N4O5S. The number of nitro benzene ring substituents is 1. The number of phenolic OH excluding ortho intramolecular Hbond substituents is 1. The lowest BCUT2D eigenvalue weighted by Crippen LogP contribution is -2.14. The predicted octanol–water partition coefficient (Wildman–Crippen LogP) is 1.44. The highest BCUT2D eigenvalue weighted by molar-refractivity contribution is 7.92. The van der Waals surface area contributed by atoms with Crippen molar-refractivity contribution in [2.24, 2.45) is 0 Å². The van der Waals surface area contributed by atoms with Crippen LogP contribution in [0.1, 0.15) is 11.3 Å². The van der Waals surface area contributed by atoms with E-state index in [4.69, 9.17) is 0 Å². The predicted molar refractivity (Wildman–Crippen MR) is 73.6 cm³/mol. The Bertz CT molecular complexity index is 812. The van der Waals surface area contributed by atoms with E-state index >= 15 is 0 Å². The molecule has 1 aromatic heterocycles. The van der Waals surface area contributed by atoms with E-state index in [0.717, 1.165) is 18.2 Å². The summed E-state index contributed by atoms with van der Waals surface area (Å²) >= 11 is 0. The van der Waals surface area contributed by atoms with Gasteiger partial charge in [0.15, 0.2) is 11.6 Å². The zero-order valence-corrected chi connectivity index (χ0v) is 11.9. The maximum Gasteiger partial charge on any atom is 0.312 e. The van der Waals surface area contributed by atoms with Crippen molar-refractivity contribution in [3.63, 3.8) is 0 Å². The van der Waals surface area contributed by atoms with Gasteiger partial charge in [-0.2, -0.15) is 5.10 Å². The summed E-state index contributed by atoms with van der Waals surface area (Å²) in [7, 11) is -4.04. The summed E-state index contributed by atoms with van der Waals surface area (Å²) in [6, 6.07) is 2.81. The first-order chi connectivity index (χ1) is 9.72. The molecule has 0 atom stereocenters. The van der Waals surface area contributed by atoms with Crippen LogP contribution < -0.4 is 4.72 Å². The topological polar surface area (TPSA) is 138 Å². The third kappa shape index (κ3) is 2.79. The maximum atomic E-state index is 12.2. The molecule has 0 radical (unpaired) electrons. The van der Waals surface area contributed by atoms with Crippen molar-refractivity contribution in [2.45, 2.75) is 18.7 Å². The largest absolute Gasteiger partial charge is 0.502 e. The molecule has 10 heteroatoms. The van der Waals surface area contributed by atoms with Gasteiger partial charge in [0.1, 0.15) is 0 Å². The highest BCUT2D eigenvalue weighted by Gasteiger charge is 2.22. The van der Waals surface area contributed by atoms with Crippen LogP contribution in [0.15, 0.2) is 23.1 Å². The molecule has 0 aliphatic rings. The number of nitro groups is 1. The number of phenols is 1. The van der Waals surface area contributed by atoms with E-state index in [1.54, 1.807) is 13.8 Å². The molecule has 2 rings (SSSR count). The Hall–Kier alpha value is -2.62. The van der Waals surface area contributed by atoms with E-state index in [-0.39, 0.29) is 10.7 Å². The van der Waals surface area contributed by atoms with Crippen molar-refractivity contribution in [1.29, 1.82) is 0 Å². The van der Waals surface area contributed by atoms with Gasteiger partial charge in [0.05, 0.1) is 9.82 Å². The van der Waals surface area contributed by atoms with Crippen LogP contribution in [-0.2, 0) is 10.0 Å². The number of aromatic amines is 1. The second kappa shape index (κ2) is 5.05. The van der Waals surface area contributed by atoms with Gasteiger partial charge in [-0.3, -0.25) is 19.9 Å². The van der Waals surface area contributed by atoms with Crippen molar-refractivity contribution < 1.29 is 18.4 Å². The van der Waals surface area contributed by atoms with Crippen LogP contribution >= 0.6 is 0 Å². The fourth-order valence-corrected chi connectivity index (χ4v) is 2.67. The molecule has 0 aliphatic heterocycles. The van der Waals surface area contributed by atoms with Crippen LogP contribution in [0.4, 0.5) is 11.5 Å². The lowest BCUT2D eigenvalue weighted by molar-refractivity contribution is -0.386. The highest BCUT2D eigenvalue weighted by atomic mass is 32.2. The highest BCUT2D eigenvalue weighted by Crippen LogP contribution is 2.29. The maximum absolute atomic E-state index is 12.2. The molecule has 9 nitrogen and oxygen atoms in total. The monoisotopic (exact) mass is 312 g/mol. The number of sulfonamides is 1. The van der Waals surface area contributed by atoms with Gasteiger partial charge in [-0.15, -0.1) is 0 Å². The number of nitrogens with zero attached hydrogens (tertiary/aromatic N) is 2. The lowest BCUT2D eigenvalue weighted by Gasteiger charge is -2.06. The molecule has 0 fully saturated rings. The van der Waals surface area contributed by atoms with Gasteiger partial charge < -0.3 is 5.11 Å². The number of benzene rings is 1. The number of aromatic nitrogens is 2. The Morgan fingerprint density at radius 1 is 1.38 bits per heavy atom. The molecule has 1 aromatic carbocycles. The molecule has 0 spiro atoms. The number of H-pyrrole nitrogens is 1. The summed E-state index contributed by atoms with van der Waals surface area (Å²) in [6.45, 7) is 3.40. The van der Waals surface area contributed by atoms with Gasteiger partial charge in [0, 0.05) is 17.3 Å². The summed E-state index contributed by atoms with van der Waals surface area (Å²) in [4.78, 5) is 9.53. The first-order valence-electron chi connectivity index (χ1n) is 5.74. The van der Waals surface area contributed by atoms with E-state index in [0.29, 0.717) is 11.3 Å². The Morgan fingerprint density at radius 3 is 2.57 bits per heavy atom. The lowest BCUT2D eigenvalue weighted by atomic mass is 10.3. The molecule has 1 heterocycles. The molecule has 0 saturated heterocycles. The summed E-state index contributed by atoms with van der Waals surface area (Å²) < 4.78 is 26.6. The van der Waals surface area contributed by atoms with Crippen LogP contribution in [-0.4, -0.2) is 28.6 Å². The van der Waals surface area contributed by atoms with E-state index in [9.17, 15) is 23.6 Å². The van der Waals surface area contributed by atoms with Crippen LogP contribution in [0.5, 0.6) is 5.75 Å². The minimum Gasteiger partial charge on any atom is -0.502 e. The summed E-state index contributed by atoms with van der Waals surface area (Å²) in [5.74, 6) is -0.492. The zero-order valence-electron chi connectivity index (χ0n) is 11.1. The quantitative estimate of drug-likeness (QED) is 0.576. The van der Waals surface area contributed by atoms with Gasteiger partial charge in [-0.25, -0.2) is 8.42 Å². The van der Waals surface area contributed by atoms with Gasteiger partial charge in [0.2, 0.25) is 0 Å². The molecule has 0 unspecified atom stereocenters. The smallest absolute Gasteiger partial charge is 0.312 e. The number of rotatable bonds is 4. The number of hydrogen-bond acceptors (Lipinski definition) is 6. The molecule has 0 saturated carbocycles. The SMILES string of the molecule is Cc1[nH]nc(NS(=O)(=O)c2ccc(O)c([N+](=O)[O-])c2)c1C. The van der Waals surface area contributed by atoms with E-state index in [1.807, 2.05) is 0 Å². The molecule has 0 amide bonds. The normalized spacial score (nSPS) is 11.3. The first-order valence-corrected chi connectivity index (χ1v) is 7.22. The van der Waals surface area contributed by atoms with Crippen LogP contribution in [0.2, 0.25) is 0 Å². The minimum absolute atomic E-state index is 0.114. The van der Waals surface area contributed by atoms with E-state index < -0.39 is 26.4 Å². The number of aromatic hydroxyl groups is 1.